The van der Waals surface area contributed by atoms with Gasteiger partial charge in [-0.2, -0.15) is 5.26 Å². The summed E-state index contributed by atoms with van der Waals surface area (Å²) in [7, 11) is 3.85. The van der Waals surface area contributed by atoms with E-state index >= 15 is 0 Å². The molecule has 6 heteroatoms. The number of aromatic nitrogens is 1. The van der Waals surface area contributed by atoms with E-state index in [9.17, 15) is 5.26 Å². The first-order valence-electron chi connectivity index (χ1n) is 8.86. The van der Waals surface area contributed by atoms with Crippen molar-refractivity contribution >= 4 is 11.6 Å². The summed E-state index contributed by atoms with van der Waals surface area (Å²) < 4.78 is 5.10. The molecule has 24 heavy (non-hydrogen) atoms. The summed E-state index contributed by atoms with van der Waals surface area (Å²) in [6, 6.07) is 2.40. The number of pyridine rings is 1. The Morgan fingerprint density at radius 1 is 1.25 bits per heavy atom. The molecule has 6 nitrogen and oxygen atoms in total. The smallest absolute Gasteiger partial charge is 0.146 e. The lowest BCUT2D eigenvalue weighted by Gasteiger charge is -2.31. The zero-order valence-corrected chi connectivity index (χ0v) is 14.8. The summed E-state index contributed by atoms with van der Waals surface area (Å²) >= 11 is 0. The van der Waals surface area contributed by atoms with Crippen molar-refractivity contribution in [3.05, 3.63) is 16.7 Å². The molecule has 2 aliphatic rings. The fourth-order valence-corrected chi connectivity index (χ4v) is 3.61. The molecule has 0 amide bonds. The van der Waals surface area contributed by atoms with Crippen molar-refractivity contribution in [2.75, 3.05) is 57.2 Å². The van der Waals surface area contributed by atoms with Crippen LogP contribution in [0.4, 0.5) is 11.6 Å². The molecular weight excluding hydrogens is 302 g/mol. The van der Waals surface area contributed by atoms with Gasteiger partial charge in [0.2, 0.25) is 0 Å². The minimum Gasteiger partial charge on any atom is -0.385 e. The molecular formula is C18H27N5O. The minimum absolute atomic E-state index is 0.712. The number of anilines is 2. The topological polar surface area (TPSA) is 64.4 Å². The third-order valence-corrected chi connectivity index (χ3v) is 4.90. The molecule has 3 rings (SSSR count). The van der Waals surface area contributed by atoms with Gasteiger partial charge < -0.3 is 19.9 Å². The average Bonchev–Trinajstić information content (AvgIpc) is 3.12. The van der Waals surface area contributed by atoms with Gasteiger partial charge >= 0.3 is 0 Å². The standard InChI is InChI=1S/C18H27N5O/c1-22-10-6-14-15(12-19)17(20-7-5-11-24-2)21-18(16(14)13-22)23-8-3-4-9-23/h3-11,13H2,1-2H3,(H,20,21). The average molecular weight is 329 g/mol. The van der Waals surface area contributed by atoms with E-state index in [1.54, 1.807) is 7.11 Å². The van der Waals surface area contributed by atoms with Crippen LogP contribution in [0.25, 0.3) is 0 Å². The van der Waals surface area contributed by atoms with Gasteiger partial charge in [-0.25, -0.2) is 4.98 Å². The Hall–Kier alpha value is -1.84. The number of nitrogens with one attached hydrogen (secondary N) is 1. The van der Waals surface area contributed by atoms with Crippen molar-refractivity contribution in [2.45, 2.75) is 32.2 Å². The molecule has 1 N–H and O–H groups in total. The number of hydrogen-bond donors (Lipinski definition) is 1. The summed E-state index contributed by atoms with van der Waals surface area (Å²) in [5.41, 5.74) is 3.19. The van der Waals surface area contributed by atoms with E-state index in [0.29, 0.717) is 6.61 Å². The highest BCUT2D eigenvalue weighted by atomic mass is 16.5. The highest BCUT2D eigenvalue weighted by Crippen LogP contribution is 2.34. The van der Waals surface area contributed by atoms with E-state index in [4.69, 9.17) is 9.72 Å². The van der Waals surface area contributed by atoms with Crippen molar-refractivity contribution in [1.82, 2.24) is 9.88 Å². The third kappa shape index (κ3) is 3.47. The lowest BCUT2D eigenvalue weighted by atomic mass is 9.95. The van der Waals surface area contributed by atoms with Crippen LogP contribution in [0.5, 0.6) is 0 Å². The van der Waals surface area contributed by atoms with E-state index < -0.39 is 0 Å². The molecule has 0 aromatic carbocycles. The minimum atomic E-state index is 0.712. The first kappa shape index (κ1) is 17.0. The SMILES string of the molecule is COCCCNc1nc(N2CCCC2)c2c(c1C#N)CCN(C)C2. The van der Waals surface area contributed by atoms with Crippen molar-refractivity contribution in [2.24, 2.45) is 0 Å². The predicted molar refractivity (Wildman–Crippen MR) is 95.4 cm³/mol. The Morgan fingerprint density at radius 2 is 2.04 bits per heavy atom. The van der Waals surface area contributed by atoms with E-state index in [0.717, 1.165) is 62.8 Å². The number of hydrogen-bond acceptors (Lipinski definition) is 6. The first-order chi connectivity index (χ1) is 11.7. The van der Waals surface area contributed by atoms with Crippen LogP contribution in [-0.4, -0.2) is 56.8 Å². The van der Waals surface area contributed by atoms with Gasteiger partial charge in [-0.1, -0.05) is 0 Å². The summed E-state index contributed by atoms with van der Waals surface area (Å²) in [6.07, 6.45) is 4.28. The van der Waals surface area contributed by atoms with E-state index in [1.165, 1.54) is 24.0 Å². The Balaban J connectivity index is 1.96. The lowest BCUT2D eigenvalue weighted by Crippen LogP contribution is -2.31. The van der Waals surface area contributed by atoms with E-state index in [-0.39, 0.29) is 0 Å². The molecule has 0 saturated carbocycles. The van der Waals surface area contributed by atoms with Crippen LogP contribution in [0.3, 0.4) is 0 Å². The number of rotatable bonds is 6. The van der Waals surface area contributed by atoms with Crippen LogP contribution in [0.2, 0.25) is 0 Å². The normalized spacial score (nSPS) is 17.6. The third-order valence-electron chi connectivity index (χ3n) is 4.90. The maximum atomic E-state index is 9.72. The quantitative estimate of drug-likeness (QED) is 0.805. The first-order valence-corrected chi connectivity index (χ1v) is 8.86. The Kier molecular flexibility index (Phi) is 5.54. The van der Waals surface area contributed by atoms with Gasteiger partial charge in [-0.3, -0.25) is 0 Å². The molecule has 3 heterocycles. The van der Waals surface area contributed by atoms with Crippen LogP contribution < -0.4 is 10.2 Å². The van der Waals surface area contributed by atoms with Crippen LogP contribution in [0, 0.1) is 11.3 Å². The molecule has 0 unspecified atom stereocenters. The van der Waals surface area contributed by atoms with Crippen molar-refractivity contribution in [3.63, 3.8) is 0 Å². The van der Waals surface area contributed by atoms with Crippen molar-refractivity contribution < 1.29 is 4.74 Å². The van der Waals surface area contributed by atoms with Gasteiger partial charge in [-0.15, -0.1) is 0 Å². The summed E-state index contributed by atoms with van der Waals surface area (Å²) in [5, 5.41) is 13.1. The molecule has 1 aromatic rings. The zero-order valence-electron chi connectivity index (χ0n) is 14.8. The Bertz CT molecular complexity index is 619. The van der Waals surface area contributed by atoms with Crippen LogP contribution in [0.1, 0.15) is 36.0 Å². The summed E-state index contributed by atoms with van der Waals surface area (Å²) in [5.74, 6) is 1.83. The summed E-state index contributed by atoms with van der Waals surface area (Å²) in [4.78, 5) is 9.60. The van der Waals surface area contributed by atoms with Gasteiger partial charge in [0.15, 0.2) is 0 Å². The molecule has 0 spiro atoms. The number of ether oxygens (including phenoxy) is 1. The second-order valence-corrected chi connectivity index (χ2v) is 6.68. The van der Waals surface area contributed by atoms with Crippen LogP contribution in [0.15, 0.2) is 0 Å². The highest BCUT2D eigenvalue weighted by Gasteiger charge is 2.27. The fourth-order valence-electron chi connectivity index (χ4n) is 3.61. The van der Waals surface area contributed by atoms with Gasteiger partial charge in [0.05, 0.1) is 5.56 Å². The number of nitriles is 1. The fraction of sp³-hybridized carbons (Fsp3) is 0.667. The molecule has 0 atom stereocenters. The monoisotopic (exact) mass is 329 g/mol. The molecule has 0 radical (unpaired) electrons. The van der Waals surface area contributed by atoms with Crippen molar-refractivity contribution in [3.8, 4) is 6.07 Å². The van der Waals surface area contributed by atoms with E-state index in [2.05, 4.69) is 28.2 Å². The predicted octanol–water partition coefficient (Wildman–Crippen LogP) is 1.99. The van der Waals surface area contributed by atoms with Gasteiger partial charge in [0, 0.05) is 52.0 Å². The second kappa shape index (κ2) is 7.82. The molecule has 1 fully saturated rings. The van der Waals surface area contributed by atoms with Crippen molar-refractivity contribution in [1.29, 1.82) is 5.26 Å². The highest BCUT2D eigenvalue weighted by molar-refractivity contribution is 5.67. The molecule has 2 aliphatic heterocycles. The maximum absolute atomic E-state index is 9.72. The number of methoxy groups -OCH3 is 1. The zero-order chi connectivity index (χ0) is 16.9. The molecule has 0 bridgehead atoms. The molecule has 1 aromatic heterocycles. The molecule has 0 aliphatic carbocycles. The van der Waals surface area contributed by atoms with Crippen LogP contribution >= 0.6 is 0 Å². The molecule has 130 valence electrons. The van der Waals surface area contributed by atoms with Gasteiger partial charge in [0.25, 0.3) is 0 Å². The van der Waals surface area contributed by atoms with E-state index in [1.807, 2.05) is 0 Å². The maximum Gasteiger partial charge on any atom is 0.146 e. The largest absolute Gasteiger partial charge is 0.385 e. The Labute approximate surface area is 144 Å². The lowest BCUT2D eigenvalue weighted by molar-refractivity contribution is 0.197. The number of nitrogens with zero attached hydrogens (tertiary/aromatic N) is 4. The molecule has 1 saturated heterocycles. The number of fused-ring (bicyclic) bond motifs is 1. The number of likely N-dealkylation sites (N-methyl/N-ethyl adjacent to an activating group) is 1. The van der Waals surface area contributed by atoms with Crippen LogP contribution in [-0.2, 0) is 17.7 Å². The van der Waals surface area contributed by atoms with Gasteiger partial charge in [-0.05, 0) is 38.3 Å². The second-order valence-electron chi connectivity index (χ2n) is 6.68. The summed E-state index contributed by atoms with van der Waals surface area (Å²) in [6.45, 7) is 5.49. The van der Waals surface area contributed by atoms with Gasteiger partial charge in [0.1, 0.15) is 17.7 Å². The Morgan fingerprint density at radius 3 is 2.75 bits per heavy atom.